The molecule has 1 aromatic rings. The van der Waals surface area contributed by atoms with Gasteiger partial charge in [0, 0.05) is 0 Å². The van der Waals surface area contributed by atoms with Gasteiger partial charge in [-0.1, -0.05) is 32.8 Å². The van der Waals surface area contributed by atoms with Crippen molar-refractivity contribution in [3.8, 4) is 5.75 Å². The van der Waals surface area contributed by atoms with Crippen LogP contribution in [0.25, 0.3) is 0 Å². The molecule has 4 N–H and O–H groups in total. The molecule has 1 rings (SSSR count). The first-order valence-corrected chi connectivity index (χ1v) is 8.76. The highest BCUT2D eigenvalue weighted by atomic mass is 16.5. The van der Waals surface area contributed by atoms with Crippen molar-refractivity contribution < 1.29 is 14.9 Å². The average Bonchev–Trinajstić information content (AvgIpc) is 2.53. The molecule has 1 atom stereocenters. The smallest absolute Gasteiger partial charge is 0.119 e. The third-order valence-electron chi connectivity index (χ3n) is 4.36. The molecule has 132 valence electrons. The molecule has 0 amide bonds. The summed E-state index contributed by atoms with van der Waals surface area (Å²) in [5, 5.41) is 20.9. The van der Waals surface area contributed by atoms with Gasteiger partial charge in [-0.05, 0) is 61.9 Å². The zero-order valence-corrected chi connectivity index (χ0v) is 14.8. The van der Waals surface area contributed by atoms with Crippen LogP contribution in [0.1, 0.15) is 69.6 Å². The molecule has 23 heavy (non-hydrogen) atoms. The molecule has 0 aliphatic heterocycles. The van der Waals surface area contributed by atoms with Gasteiger partial charge in [0.1, 0.15) is 5.75 Å². The van der Waals surface area contributed by atoms with Crippen LogP contribution in [0.5, 0.6) is 5.75 Å². The van der Waals surface area contributed by atoms with E-state index in [1.807, 2.05) is 18.2 Å². The van der Waals surface area contributed by atoms with Crippen LogP contribution in [0.3, 0.4) is 0 Å². The lowest BCUT2D eigenvalue weighted by atomic mass is 9.86. The van der Waals surface area contributed by atoms with Crippen molar-refractivity contribution in [3.05, 3.63) is 29.3 Å². The highest BCUT2D eigenvalue weighted by molar-refractivity contribution is 5.36. The van der Waals surface area contributed by atoms with Crippen LogP contribution in [0, 0.1) is 0 Å². The summed E-state index contributed by atoms with van der Waals surface area (Å²) < 4.78 is 5.35. The van der Waals surface area contributed by atoms with Crippen LogP contribution in [0.4, 0.5) is 0 Å². The van der Waals surface area contributed by atoms with E-state index in [2.05, 4.69) is 13.8 Å². The van der Waals surface area contributed by atoms with Gasteiger partial charge in [-0.2, -0.15) is 0 Å². The summed E-state index contributed by atoms with van der Waals surface area (Å²) >= 11 is 0. The van der Waals surface area contributed by atoms with Crippen LogP contribution >= 0.6 is 0 Å². The summed E-state index contributed by atoms with van der Waals surface area (Å²) in [4.78, 5) is 0. The summed E-state index contributed by atoms with van der Waals surface area (Å²) in [6.07, 6.45) is 5.08. The molecule has 0 spiro atoms. The van der Waals surface area contributed by atoms with E-state index < -0.39 is 11.7 Å². The monoisotopic (exact) mass is 323 g/mol. The normalized spacial score (nSPS) is 13.1. The minimum Gasteiger partial charge on any atom is -0.497 e. The van der Waals surface area contributed by atoms with Gasteiger partial charge in [0.15, 0.2) is 0 Å². The fourth-order valence-corrected chi connectivity index (χ4v) is 3.15. The predicted octanol–water partition coefficient (Wildman–Crippen LogP) is 3.34. The van der Waals surface area contributed by atoms with Gasteiger partial charge >= 0.3 is 0 Å². The Morgan fingerprint density at radius 1 is 1.13 bits per heavy atom. The second-order valence-electron chi connectivity index (χ2n) is 6.43. The number of hydrogen-bond acceptors (Lipinski definition) is 4. The van der Waals surface area contributed by atoms with E-state index in [1.54, 1.807) is 7.11 Å². The molecule has 0 aliphatic carbocycles. The van der Waals surface area contributed by atoms with Crippen molar-refractivity contribution in [3.63, 3.8) is 0 Å². The molecule has 0 radical (unpaired) electrons. The molecule has 1 aromatic carbocycles. The van der Waals surface area contributed by atoms with Crippen molar-refractivity contribution in [2.24, 2.45) is 5.73 Å². The highest BCUT2D eigenvalue weighted by Crippen LogP contribution is 2.28. The van der Waals surface area contributed by atoms with Gasteiger partial charge in [0.2, 0.25) is 0 Å². The van der Waals surface area contributed by atoms with E-state index in [9.17, 15) is 10.2 Å². The Labute approximate surface area is 140 Å². The lowest BCUT2D eigenvalue weighted by molar-refractivity contribution is 0.0132. The molecule has 0 saturated heterocycles. The Kier molecular flexibility index (Phi) is 8.59. The molecular formula is C19H33NO3. The number of methoxy groups -OCH3 is 1. The molecule has 0 aliphatic rings. The molecule has 0 fully saturated rings. The Morgan fingerprint density at radius 2 is 1.78 bits per heavy atom. The number of hydrogen-bond donors (Lipinski definition) is 3. The summed E-state index contributed by atoms with van der Waals surface area (Å²) in [6, 6.07) is 5.84. The largest absolute Gasteiger partial charge is 0.497 e. The molecule has 4 heteroatoms. The number of nitrogens with two attached hydrogens (primary N) is 1. The quantitative estimate of drug-likeness (QED) is 0.584. The second-order valence-corrected chi connectivity index (χ2v) is 6.43. The van der Waals surface area contributed by atoms with Crippen molar-refractivity contribution in [2.75, 3.05) is 13.7 Å². The van der Waals surface area contributed by atoms with Gasteiger partial charge in [-0.3, -0.25) is 0 Å². The topological polar surface area (TPSA) is 75.7 Å². The number of ether oxygens (including phenoxy) is 1. The number of aliphatic hydroxyl groups excluding tert-OH is 1. The minimum absolute atomic E-state index is 0.445. The van der Waals surface area contributed by atoms with Crippen molar-refractivity contribution in [2.45, 2.75) is 70.5 Å². The van der Waals surface area contributed by atoms with E-state index in [0.717, 1.165) is 55.4 Å². The first-order chi connectivity index (χ1) is 11.0. The summed E-state index contributed by atoms with van der Waals surface area (Å²) in [7, 11) is 1.63. The van der Waals surface area contributed by atoms with E-state index in [-0.39, 0.29) is 0 Å². The maximum atomic E-state index is 10.8. The van der Waals surface area contributed by atoms with Crippen LogP contribution in [0.15, 0.2) is 18.2 Å². The Hall–Kier alpha value is -1.10. The fraction of sp³-hybridized carbons (Fsp3) is 0.684. The van der Waals surface area contributed by atoms with Crippen molar-refractivity contribution in [1.82, 2.24) is 0 Å². The molecule has 1 unspecified atom stereocenters. The number of aryl methyl sites for hydroxylation is 1. The third kappa shape index (κ3) is 6.50. The van der Waals surface area contributed by atoms with E-state index in [0.29, 0.717) is 13.0 Å². The van der Waals surface area contributed by atoms with Crippen LogP contribution < -0.4 is 10.5 Å². The molecule has 0 heterocycles. The van der Waals surface area contributed by atoms with Crippen LogP contribution in [-0.2, 0) is 6.42 Å². The average molecular weight is 323 g/mol. The number of benzene rings is 1. The Morgan fingerprint density at radius 3 is 2.30 bits per heavy atom. The Bertz CT molecular complexity index is 456. The number of rotatable bonds is 11. The summed E-state index contributed by atoms with van der Waals surface area (Å²) in [5.41, 5.74) is 6.86. The zero-order valence-electron chi connectivity index (χ0n) is 14.8. The molecule has 0 bridgehead atoms. The maximum Gasteiger partial charge on any atom is 0.119 e. The number of aliphatic hydroxyl groups is 2. The highest BCUT2D eigenvalue weighted by Gasteiger charge is 2.24. The minimum atomic E-state index is -0.595. The SMILES string of the molecule is CCCC(O)(CCC)CCc1cc(OC)cc(C(O)CCN)c1. The lowest BCUT2D eigenvalue weighted by Crippen LogP contribution is -2.29. The maximum absolute atomic E-state index is 10.8. The summed E-state index contributed by atoms with van der Waals surface area (Å²) in [6.45, 7) is 4.65. The molecule has 0 saturated carbocycles. The van der Waals surface area contributed by atoms with Crippen molar-refractivity contribution in [1.29, 1.82) is 0 Å². The Balaban J connectivity index is 2.87. The predicted molar refractivity (Wildman–Crippen MR) is 94.7 cm³/mol. The van der Waals surface area contributed by atoms with Crippen LogP contribution in [-0.4, -0.2) is 29.5 Å². The third-order valence-corrected chi connectivity index (χ3v) is 4.36. The molecule has 0 aromatic heterocycles. The van der Waals surface area contributed by atoms with E-state index in [1.165, 1.54) is 0 Å². The van der Waals surface area contributed by atoms with E-state index in [4.69, 9.17) is 10.5 Å². The first-order valence-electron chi connectivity index (χ1n) is 8.76. The van der Waals surface area contributed by atoms with E-state index >= 15 is 0 Å². The zero-order chi connectivity index (χ0) is 17.3. The van der Waals surface area contributed by atoms with Gasteiger partial charge in [0.05, 0.1) is 18.8 Å². The standard InChI is InChI=1S/C19H33NO3/c1-4-8-19(22,9-5-2)10-6-15-12-16(18(21)7-11-20)14-17(13-15)23-3/h12-14,18,21-22H,4-11,20H2,1-3H3. The van der Waals surface area contributed by atoms with Crippen LogP contribution in [0.2, 0.25) is 0 Å². The lowest BCUT2D eigenvalue weighted by Gasteiger charge is -2.27. The molecular weight excluding hydrogens is 290 g/mol. The fourth-order valence-electron chi connectivity index (χ4n) is 3.15. The van der Waals surface area contributed by atoms with Gasteiger partial charge in [-0.25, -0.2) is 0 Å². The second kappa shape index (κ2) is 9.91. The summed E-state index contributed by atoms with van der Waals surface area (Å²) in [5.74, 6) is 0.739. The van der Waals surface area contributed by atoms with Crippen molar-refractivity contribution >= 4 is 0 Å². The first kappa shape index (κ1) is 19.9. The molecule has 4 nitrogen and oxygen atoms in total. The van der Waals surface area contributed by atoms with Gasteiger partial charge < -0.3 is 20.7 Å². The van der Waals surface area contributed by atoms with Gasteiger partial charge in [-0.15, -0.1) is 0 Å². The van der Waals surface area contributed by atoms with Gasteiger partial charge in [0.25, 0.3) is 0 Å².